The van der Waals surface area contributed by atoms with Gasteiger partial charge in [-0.25, -0.2) is 8.78 Å². The molecule has 212 valence electrons. The van der Waals surface area contributed by atoms with Crippen molar-refractivity contribution in [1.82, 2.24) is 14.8 Å². The number of aromatic nitrogens is 1. The molecule has 2 fully saturated rings. The second-order valence-electron chi connectivity index (χ2n) is 10.4. The van der Waals surface area contributed by atoms with Gasteiger partial charge in [0.25, 0.3) is 5.91 Å². The van der Waals surface area contributed by atoms with Crippen LogP contribution in [0.15, 0.2) is 54.0 Å². The van der Waals surface area contributed by atoms with E-state index in [4.69, 9.17) is 27.9 Å². The Morgan fingerprint density at radius 1 is 1.18 bits per heavy atom. The zero-order chi connectivity index (χ0) is 28.6. The van der Waals surface area contributed by atoms with Crippen LogP contribution in [0.25, 0.3) is 10.9 Å². The average molecular weight is 592 g/mol. The molecule has 5 rings (SSSR count). The van der Waals surface area contributed by atoms with Crippen LogP contribution < -0.4 is 15.5 Å². The number of aliphatic hydroxyl groups excluding tert-OH is 1. The molecular formula is C29H29Cl2F2N3O4. The Hall–Kier alpha value is -2.98. The summed E-state index contributed by atoms with van der Waals surface area (Å²) in [7, 11) is 0. The first-order valence-electron chi connectivity index (χ1n) is 13.1. The van der Waals surface area contributed by atoms with Crippen molar-refractivity contribution < 1.29 is 23.4 Å². The monoisotopic (exact) mass is 591 g/mol. The van der Waals surface area contributed by atoms with E-state index in [-0.39, 0.29) is 51.4 Å². The van der Waals surface area contributed by atoms with Gasteiger partial charge < -0.3 is 24.6 Å². The molecule has 3 aromatic rings. The molecule has 1 aliphatic carbocycles. The number of halogens is 4. The summed E-state index contributed by atoms with van der Waals surface area (Å²) in [4.78, 5) is 28.5. The molecule has 0 radical (unpaired) electrons. The molecule has 1 saturated carbocycles. The van der Waals surface area contributed by atoms with Gasteiger partial charge in [0.1, 0.15) is 35.7 Å². The van der Waals surface area contributed by atoms with Crippen LogP contribution in [0.5, 0.6) is 5.75 Å². The normalized spacial score (nSPS) is 20.3. The third-order valence-electron chi connectivity index (χ3n) is 7.51. The molecule has 0 bridgehead atoms. The number of allylic oxidation sites excluding steroid dienone is 1. The van der Waals surface area contributed by atoms with Gasteiger partial charge >= 0.3 is 0 Å². The smallest absolute Gasteiger partial charge is 0.256 e. The molecule has 7 nitrogen and oxygen atoms in total. The van der Waals surface area contributed by atoms with Crippen LogP contribution >= 0.6 is 23.2 Å². The van der Waals surface area contributed by atoms with Crippen molar-refractivity contribution in [3.05, 3.63) is 86.7 Å². The van der Waals surface area contributed by atoms with Gasteiger partial charge in [0.05, 0.1) is 15.6 Å². The number of amides is 1. The van der Waals surface area contributed by atoms with Crippen LogP contribution in [0.1, 0.15) is 35.7 Å². The minimum absolute atomic E-state index is 0.00259. The topological polar surface area (TPSA) is 83.8 Å². The van der Waals surface area contributed by atoms with Crippen molar-refractivity contribution in [1.29, 1.82) is 0 Å². The number of fused-ring (bicyclic) bond motifs is 1. The lowest BCUT2D eigenvalue weighted by Crippen LogP contribution is -2.47. The zero-order valence-corrected chi connectivity index (χ0v) is 23.1. The van der Waals surface area contributed by atoms with E-state index in [1.54, 1.807) is 6.20 Å². The van der Waals surface area contributed by atoms with E-state index >= 15 is 0 Å². The molecule has 1 aliphatic heterocycles. The number of β-amino-alcohol motifs (C(OH)–C–C–N with tert-alkyl or cyclic N) is 1. The van der Waals surface area contributed by atoms with Gasteiger partial charge in [-0.05, 0) is 49.4 Å². The van der Waals surface area contributed by atoms with E-state index in [0.717, 1.165) is 12.5 Å². The highest BCUT2D eigenvalue weighted by atomic mass is 35.5. The summed E-state index contributed by atoms with van der Waals surface area (Å²) in [5.41, 5.74) is -0.104. The average Bonchev–Trinajstić information content (AvgIpc) is 3.71. The van der Waals surface area contributed by atoms with Crippen LogP contribution in [0, 0.1) is 17.6 Å². The number of benzene rings is 2. The lowest BCUT2D eigenvalue weighted by molar-refractivity contribution is 0.0567. The summed E-state index contributed by atoms with van der Waals surface area (Å²) in [5, 5.41) is 13.4. The number of carbonyl (C=O) groups is 1. The predicted octanol–water partition coefficient (Wildman–Crippen LogP) is 4.97. The third kappa shape index (κ3) is 6.17. The predicted molar refractivity (Wildman–Crippen MR) is 150 cm³/mol. The van der Waals surface area contributed by atoms with E-state index in [1.165, 1.54) is 24.3 Å². The molecule has 40 heavy (non-hydrogen) atoms. The van der Waals surface area contributed by atoms with Crippen LogP contribution in [-0.2, 0) is 0 Å². The fraction of sp³-hybridized carbons (Fsp3) is 0.379. The number of hydrogen-bond donors (Lipinski definition) is 2. The molecule has 3 atom stereocenters. The quantitative estimate of drug-likeness (QED) is 0.343. The fourth-order valence-corrected chi connectivity index (χ4v) is 5.46. The molecular weight excluding hydrogens is 563 g/mol. The van der Waals surface area contributed by atoms with Crippen LogP contribution in [0.3, 0.4) is 0 Å². The first kappa shape index (κ1) is 28.5. The summed E-state index contributed by atoms with van der Waals surface area (Å²) in [6, 6.07) is 6.47. The maximum Gasteiger partial charge on any atom is 0.256 e. The number of pyridine rings is 1. The Labute approximate surface area is 239 Å². The Morgan fingerprint density at radius 2 is 1.90 bits per heavy atom. The van der Waals surface area contributed by atoms with Gasteiger partial charge in [-0.3, -0.25) is 9.59 Å². The van der Waals surface area contributed by atoms with Crippen molar-refractivity contribution in [3.63, 3.8) is 0 Å². The molecule has 1 saturated heterocycles. The van der Waals surface area contributed by atoms with E-state index in [9.17, 15) is 23.5 Å². The Morgan fingerprint density at radius 3 is 2.58 bits per heavy atom. The minimum Gasteiger partial charge on any atom is -0.491 e. The van der Waals surface area contributed by atoms with E-state index in [1.807, 2.05) is 10.6 Å². The molecule has 2 aromatic carbocycles. The number of nitrogens with zero attached hydrogens (tertiary/aromatic N) is 2. The molecule has 1 aromatic heterocycles. The number of nitrogens with one attached hydrogen (secondary N) is 1. The van der Waals surface area contributed by atoms with Crippen LogP contribution in [0.2, 0.25) is 10.0 Å². The molecule has 3 unspecified atom stereocenters. The van der Waals surface area contributed by atoms with E-state index < -0.39 is 29.1 Å². The number of aliphatic hydroxyl groups is 1. The molecule has 2 aliphatic rings. The van der Waals surface area contributed by atoms with Gasteiger partial charge in [0.2, 0.25) is 5.43 Å². The van der Waals surface area contributed by atoms with Crippen molar-refractivity contribution in [3.8, 4) is 5.75 Å². The first-order chi connectivity index (χ1) is 19.1. The highest BCUT2D eigenvalue weighted by Crippen LogP contribution is 2.45. The summed E-state index contributed by atoms with van der Waals surface area (Å²) in [6.45, 7) is 5.41. The zero-order valence-electron chi connectivity index (χ0n) is 21.6. The highest BCUT2D eigenvalue weighted by Gasteiger charge is 2.37. The SMILES string of the molecule is C=CC1CC1n1cc(C(=O)NC2CCN(CC(O)COc3ccc(Cl)c(F)c3)CC2)c(=O)c2cc(F)c(Cl)cc21. The van der Waals surface area contributed by atoms with Crippen molar-refractivity contribution >= 4 is 40.0 Å². The molecule has 1 amide bonds. The van der Waals surface area contributed by atoms with Crippen molar-refractivity contribution in [2.45, 2.75) is 37.5 Å². The summed E-state index contributed by atoms with van der Waals surface area (Å²) in [6.07, 6.45) is 4.62. The minimum atomic E-state index is -0.795. The van der Waals surface area contributed by atoms with Gasteiger partial charge in [0.15, 0.2) is 0 Å². The van der Waals surface area contributed by atoms with Crippen LogP contribution in [-0.4, -0.2) is 58.9 Å². The maximum atomic E-state index is 14.3. The Kier molecular flexibility index (Phi) is 8.47. The van der Waals surface area contributed by atoms with Gasteiger partial charge in [-0.2, -0.15) is 0 Å². The van der Waals surface area contributed by atoms with Crippen LogP contribution in [0.4, 0.5) is 8.78 Å². The maximum absolute atomic E-state index is 14.3. The lowest BCUT2D eigenvalue weighted by atomic mass is 10.0. The number of piperidine rings is 1. The summed E-state index contributed by atoms with van der Waals surface area (Å²) >= 11 is 11.7. The number of hydrogen-bond acceptors (Lipinski definition) is 5. The number of rotatable bonds is 9. The second kappa shape index (κ2) is 11.9. The van der Waals surface area contributed by atoms with E-state index in [0.29, 0.717) is 38.0 Å². The van der Waals surface area contributed by atoms with Gasteiger partial charge in [-0.1, -0.05) is 29.3 Å². The summed E-state index contributed by atoms with van der Waals surface area (Å²) < 4.78 is 35.1. The second-order valence-corrected chi connectivity index (χ2v) is 11.2. The van der Waals surface area contributed by atoms with Gasteiger partial charge in [0, 0.05) is 49.4 Å². The lowest BCUT2D eigenvalue weighted by Gasteiger charge is -2.33. The Bertz CT molecular complexity index is 1510. The van der Waals surface area contributed by atoms with E-state index in [2.05, 4.69) is 16.8 Å². The number of ether oxygens (including phenoxy) is 1. The summed E-state index contributed by atoms with van der Waals surface area (Å²) in [5.74, 6) is -1.34. The Balaban J connectivity index is 1.19. The highest BCUT2D eigenvalue weighted by molar-refractivity contribution is 6.31. The molecule has 0 spiro atoms. The largest absolute Gasteiger partial charge is 0.491 e. The molecule has 11 heteroatoms. The molecule has 2 N–H and O–H groups in total. The van der Waals surface area contributed by atoms with Crippen molar-refractivity contribution in [2.24, 2.45) is 5.92 Å². The standard InChI is InChI=1S/C29H29Cl2F2N3O4/c1-2-16-9-26(16)36-14-21(28(38)20-11-25(33)23(31)12-27(20)36)29(39)34-17-5-7-35(8-6-17)13-18(37)15-40-19-3-4-22(30)24(32)10-19/h2-4,10-12,14,16-18,26,37H,1,5-9,13,15H2,(H,34,39). The van der Waals surface area contributed by atoms with Gasteiger partial charge in [-0.15, -0.1) is 6.58 Å². The first-order valence-corrected chi connectivity index (χ1v) is 13.9. The number of likely N-dealkylation sites (tertiary alicyclic amines) is 1. The third-order valence-corrected chi connectivity index (χ3v) is 8.11. The molecule has 2 heterocycles. The van der Waals surface area contributed by atoms with Crippen molar-refractivity contribution in [2.75, 3.05) is 26.2 Å². The number of carbonyl (C=O) groups excluding carboxylic acids is 1. The fourth-order valence-electron chi connectivity index (χ4n) is 5.19.